The first kappa shape index (κ1) is 15.1. The highest BCUT2D eigenvalue weighted by atomic mass is 16.7. The molecule has 0 spiro atoms. The van der Waals surface area contributed by atoms with Crippen LogP contribution in [0.5, 0.6) is 11.5 Å². The lowest BCUT2D eigenvalue weighted by atomic mass is 9.86. The summed E-state index contributed by atoms with van der Waals surface area (Å²) in [5, 5.41) is 0. The van der Waals surface area contributed by atoms with Gasteiger partial charge in [-0.25, -0.2) is 0 Å². The van der Waals surface area contributed by atoms with Gasteiger partial charge in [-0.2, -0.15) is 0 Å². The van der Waals surface area contributed by atoms with Crippen molar-refractivity contribution in [2.45, 2.75) is 39.8 Å². The highest BCUT2D eigenvalue weighted by Crippen LogP contribution is 2.36. The van der Waals surface area contributed by atoms with E-state index in [9.17, 15) is 0 Å². The van der Waals surface area contributed by atoms with Crippen molar-refractivity contribution < 1.29 is 9.47 Å². The van der Waals surface area contributed by atoms with Crippen molar-refractivity contribution in [1.82, 2.24) is 4.90 Å². The van der Waals surface area contributed by atoms with E-state index in [0.29, 0.717) is 19.4 Å². The molecule has 0 radical (unpaired) electrons. The first-order chi connectivity index (χ1) is 9.34. The molecule has 1 heterocycles. The molecule has 0 aromatic heterocycles. The molecule has 0 aliphatic carbocycles. The minimum atomic E-state index is 0.179. The van der Waals surface area contributed by atoms with Crippen LogP contribution in [0.4, 0.5) is 0 Å². The van der Waals surface area contributed by atoms with Gasteiger partial charge in [0.25, 0.3) is 0 Å². The number of fused-ring (bicyclic) bond motifs is 1. The second-order valence-electron chi connectivity index (χ2n) is 6.57. The van der Waals surface area contributed by atoms with E-state index in [4.69, 9.17) is 15.2 Å². The topological polar surface area (TPSA) is 47.7 Å². The van der Waals surface area contributed by atoms with Crippen molar-refractivity contribution in [2.75, 3.05) is 20.4 Å². The van der Waals surface area contributed by atoms with Crippen molar-refractivity contribution >= 4 is 0 Å². The average Bonchev–Trinajstić information content (AvgIpc) is 2.84. The van der Waals surface area contributed by atoms with E-state index >= 15 is 0 Å². The quantitative estimate of drug-likeness (QED) is 0.920. The maximum atomic E-state index is 6.02. The van der Waals surface area contributed by atoms with Gasteiger partial charge in [-0.05, 0) is 37.1 Å². The van der Waals surface area contributed by atoms with Crippen LogP contribution in [-0.2, 0) is 0 Å². The Balaban J connectivity index is 2.24. The Hall–Kier alpha value is -1.26. The van der Waals surface area contributed by atoms with Gasteiger partial charge >= 0.3 is 0 Å². The molecule has 4 nitrogen and oxygen atoms in total. The molecule has 1 aromatic rings. The summed E-state index contributed by atoms with van der Waals surface area (Å²) in [6.45, 7) is 9.89. The Morgan fingerprint density at radius 2 is 1.90 bits per heavy atom. The van der Waals surface area contributed by atoms with Gasteiger partial charge in [-0.3, -0.25) is 4.90 Å². The molecule has 1 aliphatic heterocycles. The summed E-state index contributed by atoms with van der Waals surface area (Å²) in [5.74, 6) is 1.63. The minimum Gasteiger partial charge on any atom is -0.454 e. The molecule has 0 amide bonds. The van der Waals surface area contributed by atoms with Crippen LogP contribution in [0, 0.1) is 5.41 Å². The van der Waals surface area contributed by atoms with Crippen LogP contribution in [-0.4, -0.2) is 31.3 Å². The van der Waals surface area contributed by atoms with Gasteiger partial charge in [0.15, 0.2) is 11.5 Å². The van der Waals surface area contributed by atoms with E-state index in [0.717, 1.165) is 11.5 Å². The van der Waals surface area contributed by atoms with Crippen LogP contribution in [0.2, 0.25) is 0 Å². The predicted octanol–water partition coefficient (Wildman–Crippen LogP) is 2.78. The Morgan fingerprint density at radius 1 is 1.25 bits per heavy atom. The summed E-state index contributed by atoms with van der Waals surface area (Å²) in [6, 6.07) is 6.69. The van der Waals surface area contributed by atoms with Gasteiger partial charge in [-0.1, -0.05) is 26.8 Å². The zero-order valence-corrected chi connectivity index (χ0v) is 13.1. The van der Waals surface area contributed by atoms with Crippen molar-refractivity contribution in [2.24, 2.45) is 11.1 Å². The lowest BCUT2D eigenvalue weighted by Gasteiger charge is -2.40. The molecule has 112 valence electrons. The Morgan fingerprint density at radius 3 is 2.50 bits per heavy atom. The molecule has 0 bridgehead atoms. The molecule has 2 atom stereocenters. The monoisotopic (exact) mass is 278 g/mol. The number of nitrogens with zero attached hydrogens (tertiary/aromatic N) is 1. The summed E-state index contributed by atoms with van der Waals surface area (Å²) in [7, 11) is 2.14. The summed E-state index contributed by atoms with van der Waals surface area (Å²) in [6.07, 6.45) is 0. The van der Waals surface area contributed by atoms with Crippen LogP contribution < -0.4 is 15.2 Å². The third-order valence-corrected chi connectivity index (χ3v) is 4.36. The highest BCUT2D eigenvalue weighted by molar-refractivity contribution is 5.45. The summed E-state index contributed by atoms with van der Waals surface area (Å²) in [4.78, 5) is 2.34. The second kappa shape index (κ2) is 5.62. The maximum Gasteiger partial charge on any atom is 0.231 e. The number of likely N-dealkylation sites (N-methyl/N-ethyl adjacent to an activating group) is 1. The van der Waals surface area contributed by atoms with Crippen LogP contribution in [0.25, 0.3) is 0 Å². The van der Waals surface area contributed by atoms with Gasteiger partial charge in [0.1, 0.15) is 0 Å². The Bertz CT molecular complexity index is 468. The van der Waals surface area contributed by atoms with E-state index in [1.807, 2.05) is 12.1 Å². The number of hydrogen-bond donors (Lipinski definition) is 1. The molecule has 2 unspecified atom stereocenters. The van der Waals surface area contributed by atoms with E-state index in [1.165, 1.54) is 5.56 Å². The zero-order chi connectivity index (χ0) is 14.9. The van der Waals surface area contributed by atoms with E-state index in [-0.39, 0.29) is 11.5 Å². The van der Waals surface area contributed by atoms with E-state index < -0.39 is 0 Å². The van der Waals surface area contributed by atoms with E-state index in [1.54, 1.807) is 0 Å². The van der Waals surface area contributed by atoms with Crippen molar-refractivity contribution in [1.29, 1.82) is 0 Å². The SMILES string of the molecule is CC(N(C)C(CN)c1ccc2c(c1)OCO2)C(C)(C)C. The predicted molar refractivity (Wildman–Crippen MR) is 81.0 cm³/mol. The standard InChI is InChI=1S/C16H26N2O2/c1-11(16(2,3)4)18(5)13(9-17)12-6-7-14-15(8-12)20-10-19-14/h6-8,11,13H,9-10,17H2,1-5H3. The van der Waals surface area contributed by atoms with Crippen LogP contribution in [0.3, 0.4) is 0 Å². The van der Waals surface area contributed by atoms with Gasteiger partial charge < -0.3 is 15.2 Å². The minimum absolute atomic E-state index is 0.179. The maximum absolute atomic E-state index is 6.02. The number of nitrogens with two attached hydrogens (primary N) is 1. The number of ether oxygens (including phenoxy) is 2. The Labute approximate surface area is 121 Å². The fourth-order valence-electron chi connectivity index (χ4n) is 2.54. The molecule has 0 saturated heterocycles. The molecule has 0 fully saturated rings. The average molecular weight is 278 g/mol. The summed E-state index contributed by atoms with van der Waals surface area (Å²) in [5.41, 5.74) is 7.40. The first-order valence-corrected chi connectivity index (χ1v) is 7.16. The van der Waals surface area contributed by atoms with Gasteiger partial charge in [-0.15, -0.1) is 0 Å². The highest BCUT2D eigenvalue weighted by Gasteiger charge is 2.29. The molecule has 1 aromatic carbocycles. The largest absolute Gasteiger partial charge is 0.454 e. The molecule has 2 N–H and O–H groups in total. The third kappa shape index (κ3) is 2.91. The lowest BCUT2D eigenvalue weighted by molar-refractivity contribution is 0.1000. The fourth-order valence-corrected chi connectivity index (χ4v) is 2.54. The van der Waals surface area contributed by atoms with E-state index in [2.05, 4.69) is 45.7 Å². The molecule has 0 saturated carbocycles. The first-order valence-electron chi connectivity index (χ1n) is 7.16. The number of hydrogen-bond acceptors (Lipinski definition) is 4. The summed E-state index contributed by atoms with van der Waals surface area (Å²) >= 11 is 0. The molecule has 1 aliphatic rings. The van der Waals surface area contributed by atoms with Crippen molar-refractivity contribution in [3.05, 3.63) is 23.8 Å². The zero-order valence-electron chi connectivity index (χ0n) is 13.1. The van der Waals surface area contributed by atoms with Crippen LogP contribution >= 0.6 is 0 Å². The molecule has 2 rings (SSSR count). The molecular weight excluding hydrogens is 252 g/mol. The van der Waals surface area contributed by atoms with Crippen LogP contribution in [0.15, 0.2) is 18.2 Å². The molecule has 4 heteroatoms. The Kier molecular flexibility index (Phi) is 4.25. The van der Waals surface area contributed by atoms with Gasteiger partial charge in [0, 0.05) is 18.6 Å². The second-order valence-corrected chi connectivity index (χ2v) is 6.57. The van der Waals surface area contributed by atoms with Crippen molar-refractivity contribution in [3.63, 3.8) is 0 Å². The normalized spacial score (nSPS) is 17.4. The molecule has 20 heavy (non-hydrogen) atoms. The van der Waals surface area contributed by atoms with Gasteiger partial charge in [0.2, 0.25) is 6.79 Å². The smallest absolute Gasteiger partial charge is 0.231 e. The molecular formula is C16H26N2O2. The van der Waals surface area contributed by atoms with Crippen molar-refractivity contribution in [3.8, 4) is 11.5 Å². The third-order valence-electron chi connectivity index (χ3n) is 4.36. The summed E-state index contributed by atoms with van der Waals surface area (Å²) < 4.78 is 10.8. The van der Waals surface area contributed by atoms with Crippen LogP contribution in [0.1, 0.15) is 39.3 Å². The lowest BCUT2D eigenvalue weighted by Crippen LogP contribution is -2.43. The number of rotatable bonds is 4. The fraction of sp³-hybridized carbons (Fsp3) is 0.625. The number of benzene rings is 1. The van der Waals surface area contributed by atoms with Gasteiger partial charge in [0.05, 0.1) is 0 Å².